The van der Waals surface area contributed by atoms with Crippen LogP contribution in [0.5, 0.6) is 0 Å². The lowest BCUT2D eigenvalue weighted by atomic mass is 9.92. The molecule has 2 aliphatic heterocycles. The van der Waals surface area contributed by atoms with Gasteiger partial charge in [0.1, 0.15) is 6.61 Å². The third-order valence-corrected chi connectivity index (χ3v) is 4.53. The van der Waals surface area contributed by atoms with E-state index in [1.54, 1.807) is 0 Å². The van der Waals surface area contributed by atoms with E-state index in [-0.39, 0.29) is 18.6 Å². The molecule has 5 heteroatoms. The van der Waals surface area contributed by atoms with Crippen LogP contribution in [0.3, 0.4) is 0 Å². The maximum atomic E-state index is 12.1. The lowest BCUT2D eigenvalue weighted by Gasteiger charge is -2.38. The molecule has 0 radical (unpaired) electrons. The van der Waals surface area contributed by atoms with E-state index in [9.17, 15) is 4.79 Å². The summed E-state index contributed by atoms with van der Waals surface area (Å²) in [5.41, 5.74) is 1.07. The molecular formula is C16H21ClN2O2. The van der Waals surface area contributed by atoms with Crippen molar-refractivity contribution in [2.75, 3.05) is 26.2 Å². The molecule has 1 aromatic carbocycles. The Labute approximate surface area is 130 Å². The van der Waals surface area contributed by atoms with Crippen LogP contribution < -0.4 is 5.32 Å². The average molecular weight is 309 g/mol. The molecule has 0 aromatic heterocycles. The molecule has 0 aliphatic carbocycles. The van der Waals surface area contributed by atoms with Crippen LogP contribution in [0.15, 0.2) is 24.3 Å². The summed E-state index contributed by atoms with van der Waals surface area (Å²) < 4.78 is 5.76. The first-order chi connectivity index (χ1) is 10.2. The SMILES string of the molecule is O=C1COC(C2CCCNC2)CN1Cc1cccc(Cl)c1. The van der Waals surface area contributed by atoms with Crippen molar-refractivity contribution in [1.29, 1.82) is 0 Å². The van der Waals surface area contributed by atoms with Crippen LogP contribution in [0, 0.1) is 5.92 Å². The first-order valence-corrected chi connectivity index (χ1v) is 7.95. The largest absolute Gasteiger partial charge is 0.366 e. The fraction of sp³-hybridized carbons (Fsp3) is 0.562. The number of ether oxygens (including phenoxy) is 1. The zero-order chi connectivity index (χ0) is 14.7. The zero-order valence-electron chi connectivity index (χ0n) is 12.1. The number of rotatable bonds is 3. The number of benzene rings is 1. The molecule has 1 amide bonds. The fourth-order valence-electron chi connectivity index (χ4n) is 3.13. The van der Waals surface area contributed by atoms with Crippen molar-refractivity contribution in [2.45, 2.75) is 25.5 Å². The minimum Gasteiger partial charge on any atom is -0.366 e. The number of hydrogen-bond acceptors (Lipinski definition) is 3. The van der Waals surface area contributed by atoms with Crippen molar-refractivity contribution in [1.82, 2.24) is 10.2 Å². The van der Waals surface area contributed by atoms with E-state index in [1.807, 2.05) is 29.2 Å². The molecule has 0 saturated carbocycles. The summed E-state index contributed by atoms with van der Waals surface area (Å²) in [5, 5.41) is 4.12. The number of nitrogens with zero attached hydrogens (tertiary/aromatic N) is 1. The molecule has 4 nitrogen and oxygen atoms in total. The standard InChI is InChI=1S/C16H21ClN2O2/c17-14-5-1-3-12(7-14)9-19-10-15(21-11-16(19)20)13-4-2-6-18-8-13/h1,3,5,7,13,15,18H,2,4,6,8-11H2. The van der Waals surface area contributed by atoms with Crippen molar-refractivity contribution < 1.29 is 9.53 Å². The van der Waals surface area contributed by atoms with Crippen molar-refractivity contribution in [3.05, 3.63) is 34.9 Å². The third-order valence-electron chi connectivity index (χ3n) is 4.30. The molecule has 21 heavy (non-hydrogen) atoms. The number of nitrogens with one attached hydrogen (secondary N) is 1. The minimum absolute atomic E-state index is 0.0648. The topological polar surface area (TPSA) is 41.6 Å². The smallest absolute Gasteiger partial charge is 0.248 e. The highest BCUT2D eigenvalue weighted by Gasteiger charge is 2.32. The number of amides is 1. The summed E-state index contributed by atoms with van der Waals surface area (Å²) >= 11 is 6.01. The van der Waals surface area contributed by atoms with E-state index >= 15 is 0 Å². The molecule has 2 fully saturated rings. The molecule has 114 valence electrons. The Morgan fingerprint density at radius 2 is 2.33 bits per heavy atom. The van der Waals surface area contributed by atoms with Crippen molar-refractivity contribution in [2.24, 2.45) is 5.92 Å². The number of hydrogen-bond donors (Lipinski definition) is 1. The Morgan fingerprint density at radius 1 is 1.43 bits per heavy atom. The van der Waals surface area contributed by atoms with Gasteiger partial charge in [0, 0.05) is 24.7 Å². The monoisotopic (exact) mass is 308 g/mol. The molecule has 2 aliphatic rings. The van der Waals surface area contributed by atoms with Crippen molar-refractivity contribution in [3.63, 3.8) is 0 Å². The van der Waals surface area contributed by atoms with Gasteiger partial charge in [0.05, 0.1) is 6.10 Å². The van der Waals surface area contributed by atoms with Gasteiger partial charge in [-0.3, -0.25) is 4.79 Å². The van der Waals surface area contributed by atoms with E-state index in [0.29, 0.717) is 24.0 Å². The lowest BCUT2D eigenvalue weighted by molar-refractivity contribution is -0.153. The van der Waals surface area contributed by atoms with Gasteiger partial charge < -0.3 is 15.0 Å². The second-order valence-corrected chi connectivity index (χ2v) is 6.30. The minimum atomic E-state index is 0.0648. The van der Waals surface area contributed by atoms with Gasteiger partial charge in [-0.2, -0.15) is 0 Å². The second kappa shape index (κ2) is 6.77. The van der Waals surface area contributed by atoms with Crippen LogP contribution in [0.1, 0.15) is 18.4 Å². The highest BCUT2D eigenvalue weighted by atomic mass is 35.5. The van der Waals surface area contributed by atoms with Crippen LogP contribution in [0.25, 0.3) is 0 Å². The van der Waals surface area contributed by atoms with E-state index < -0.39 is 0 Å². The summed E-state index contributed by atoms with van der Waals surface area (Å²) in [5.74, 6) is 0.573. The number of carbonyl (C=O) groups excluding carboxylic acids is 1. The van der Waals surface area contributed by atoms with Crippen LogP contribution in [0.2, 0.25) is 5.02 Å². The molecule has 2 unspecified atom stereocenters. The number of morpholine rings is 1. The Balaban J connectivity index is 1.64. The maximum absolute atomic E-state index is 12.1. The molecule has 1 N–H and O–H groups in total. The van der Waals surface area contributed by atoms with Crippen LogP contribution in [0.4, 0.5) is 0 Å². The Hall–Kier alpha value is -1.10. The fourth-order valence-corrected chi connectivity index (χ4v) is 3.34. The highest BCUT2D eigenvalue weighted by Crippen LogP contribution is 2.22. The van der Waals surface area contributed by atoms with Crippen LogP contribution in [-0.4, -0.2) is 43.2 Å². The van der Waals surface area contributed by atoms with Gasteiger partial charge in [-0.15, -0.1) is 0 Å². The summed E-state index contributed by atoms with van der Waals surface area (Å²) in [7, 11) is 0. The normalized spacial score (nSPS) is 26.9. The van der Waals surface area contributed by atoms with Gasteiger partial charge in [0.25, 0.3) is 0 Å². The van der Waals surface area contributed by atoms with Crippen molar-refractivity contribution in [3.8, 4) is 0 Å². The number of halogens is 1. The van der Waals surface area contributed by atoms with E-state index in [2.05, 4.69) is 5.32 Å². The predicted molar refractivity (Wildman–Crippen MR) is 82.2 cm³/mol. The van der Waals surface area contributed by atoms with E-state index in [4.69, 9.17) is 16.3 Å². The highest BCUT2D eigenvalue weighted by molar-refractivity contribution is 6.30. The number of carbonyl (C=O) groups is 1. The van der Waals surface area contributed by atoms with Crippen LogP contribution >= 0.6 is 11.6 Å². The summed E-state index contributed by atoms with van der Waals surface area (Å²) in [6, 6.07) is 7.70. The Kier molecular flexibility index (Phi) is 4.78. The Morgan fingerprint density at radius 3 is 3.10 bits per heavy atom. The van der Waals surface area contributed by atoms with E-state index in [1.165, 1.54) is 12.8 Å². The summed E-state index contributed by atoms with van der Waals surface area (Å²) in [6.07, 6.45) is 2.51. The molecular weight excluding hydrogens is 288 g/mol. The molecule has 2 saturated heterocycles. The van der Waals surface area contributed by atoms with Gasteiger partial charge in [0.15, 0.2) is 0 Å². The Bertz CT molecular complexity index is 503. The van der Waals surface area contributed by atoms with Gasteiger partial charge in [-0.1, -0.05) is 23.7 Å². The lowest BCUT2D eigenvalue weighted by Crippen LogP contribution is -2.51. The van der Waals surface area contributed by atoms with Gasteiger partial charge in [-0.25, -0.2) is 0 Å². The van der Waals surface area contributed by atoms with Crippen molar-refractivity contribution >= 4 is 17.5 Å². The molecule has 1 aromatic rings. The molecule has 3 rings (SSSR count). The second-order valence-electron chi connectivity index (χ2n) is 5.86. The van der Waals surface area contributed by atoms with Gasteiger partial charge in [0.2, 0.25) is 5.91 Å². The molecule has 2 heterocycles. The quantitative estimate of drug-likeness (QED) is 0.929. The summed E-state index contributed by atoms with van der Waals surface area (Å²) in [6.45, 7) is 3.57. The number of piperidine rings is 1. The third kappa shape index (κ3) is 3.76. The first kappa shape index (κ1) is 14.8. The zero-order valence-corrected chi connectivity index (χ0v) is 12.8. The first-order valence-electron chi connectivity index (χ1n) is 7.57. The molecule has 0 spiro atoms. The molecule has 0 bridgehead atoms. The van der Waals surface area contributed by atoms with Crippen LogP contribution in [-0.2, 0) is 16.1 Å². The predicted octanol–water partition coefficient (Wildman–Crippen LogP) is 2.07. The maximum Gasteiger partial charge on any atom is 0.248 e. The summed E-state index contributed by atoms with van der Waals surface area (Å²) in [4.78, 5) is 14.0. The molecule has 2 atom stereocenters. The van der Waals surface area contributed by atoms with E-state index in [0.717, 1.165) is 18.7 Å². The van der Waals surface area contributed by atoms with Gasteiger partial charge in [-0.05, 0) is 43.0 Å². The average Bonchev–Trinajstić information content (AvgIpc) is 2.50. The van der Waals surface area contributed by atoms with Gasteiger partial charge >= 0.3 is 0 Å².